The maximum absolute atomic E-state index is 12.9. The molecule has 3 aromatic heterocycles. The number of pyridine rings is 2. The zero-order valence-corrected chi connectivity index (χ0v) is 25.4. The van der Waals surface area contributed by atoms with E-state index in [1.807, 2.05) is 38.4 Å². The standard InChI is InChI=1S/C31H38N8O3S/c1-37(2)17-18-42-29-8-7-28-30(36-29)31(34-22-33-28)35-24-11-15-38(16-12-24)19-23-20-39(21-23)25-3-5-26(6-4-25)43(40,41)27-9-13-32-14-10-27/h3-10,13-14,22-24H,11-12,15-21H2,1-2H3,(H,33,34,35). The molecule has 1 aromatic carbocycles. The van der Waals surface area contributed by atoms with Crippen LogP contribution in [0.5, 0.6) is 5.88 Å². The predicted molar refractivity (Wildman–Crippen MR) is 166 cm³/mol. The van der Waals surface area contributed by atoms with Gasteiger partial charge in [0.05, 0.1) is 15.3 Å². The molecule has 6 rings (SSSR count). The second-order valence-electron chi connectivity index (χ2n) is 11.6. The third-order valence-corrected chi connectivity index (χ3v) is 9.90. The normalized spacial score (nSPS) is 16.9. The van der Waals surface area contributed by atoms with Gasteiger partial charge >= 0.3 is 0 Å². The van der Waals surface area contributed by atoms with Crippen LogP contribution in [-0.2, 0) is 9.84 Å². The first-order valence-corrected chi connectivity index (χ1v) is 16.2. The summed E-state index contributed by atoms with van der Waals surface area (Å²) in [6.45, 7) is 6.49. The smallest absolute Gasteiger partial charge is 0.214 e. The Morgan fingerprint density at radius 3 is 2.40 bits per heavy atom. The summed E-state index contributed by atoms with van der Waals surface area (Å²) in [6.07, 6.45) is 6.65. The van der Waals surface area contributed by atoms with Crippen LogP contribution in [-0.4, -0.2) is 104 Å². The minimum Gasteiger partial charge on any atom is -0.476 e. The summed E-state index contributed by atoms with van der Waals surface area (Å²) in [4.78, 5) is 25.0. The van der Waals surface area contributed by atoms with E-state index < -0.39 is 9.84 Å². The maximum Gasteiger partial charge on any atom is 0.214 e. The number of benzene rings is 1. The topological polar surface area (TPSA) is 117 Å². The van der Waals surface area contributed by atoms with Gasteiger partial charge in [0.15, 0.2) is 5.82 Å². The minimum absolute atomic E-state index is 0.259. The van der Waals surface area contributed by atoms with Crippen molar-refractivity contribution < 1.29 is 13.2 Å². The van der Waals surface area contributed by atoms with Crippen LogP contribution >= 0.6 is 0 Å². The Bertz CT molecular complexity index is 1620. The van der Waals surface area contributed by atoms with Crippen LogP contribution in [0.15, 0.2) is 77.0 Å². The lowest BCUT2D eigenvalue weighted by Gasteiger charge is -2.44. The van der Waals surface area contributed by atoms with Gasteiger partial charge in [-0.2, -0.15) is 0 Å². The van der Waals surface area contributed by atoms with E-state index in [9.17, 15) is 8.42 Å². The molecule has 0 radical (unpaired) electrons. The minimum atomic E-state index is -3.53. The second kappa shape index (κ2) is 12.8. The fraction of sp³-hybridized carbons (Fsp3) is 0.419. The molecule has 0 atom stereocenters. The Morgan fingerprint density at radius 2 is 1.67 bits per heavy atom. The van der Waals surface area contributed by atoms with Crippen LogP contribution in [0.4, 0.5) is 11.5 Å². The summed E-state index contributed by atoms with van der Waals surface area (Å²) in [5.41, 5.74) is 2.60. The molecule has 0 bridgehead atoms. The molecule has 12 heteroatoms. The number of likely N-dealkylation sites (N-methyl/N-ethyl adjacent to an activating group) is 1. The first kappa shape index (κ1) is 29.2. The molecular weight excluding hydrogens is 564 g/mol. The third kappa shape index (κ3) is 6.87. The lowest BCUT2D eigenvalue weighted by Crippen LogP contribution is -2.53. The number of rotatable bonds is 11. The molecule has 2 aliphatic rings. The molecular formula is C31H38N8O3S. The van der Waals surface area contributed by atoms with Gasteiger partial charge in [-0.1, -0.05) is 0 Å². The number of ether oxygens (including phenoxy) is 1. The molecule has 43 heavy (non-hydrogen) atoms. The van der Waals surface area contributed by atoms with Gasteiger partial charge in [-0.25, -0.2) is 23.4 Å². The molecule has 0 aliphatic carbocycles. The molecule has 2 saturated heterocycles. The average Bonchev–Trinajstić information content (AvgIpc) is 3.00. The Kier molecular flexibility index (Phi) is 8.68. The number of nitrogens with zero attached hydrogens (tertiary/aromatic N) is 7. The summed E-state index contributed by atoms with van der Waals surface area (Å²) >= 11 is 0. The monoisotopic (exact) mass is 602 g/mol. The van der Waals surface area contributed by atoms with Crippen molar-refractivity contribution in [1.82, 2.24) is 29.7 Å². The molecule has 0 amide bonds. The molecule has 226 valence electrons. The van der Waals surface area contributed by atoms with Crippen molar-refractivity contribution >= 4 is 32.4 Å². The average molecular weight is 603 g/mol. The van der Waals surface area contributed by atoms with Crippen molar-refractivity contribution in [2.24, 2.45) is 5.92 Å². The Morgan fingerprint density at radius 1 is 0.953 bits per heavy atom. The lowest BCUT2D eigenvalue weighted by molar-refractivity contribution is 0.174. The van der Waals surface area contributed by atoms with E-state index in [4.69, 9.17) is 9.72 Å². The molecule has 0 spiro atoms. The molecule has 2 fully saturated rings. The summed E-state index contributed by atoms with van der Waals surface area (Å²) < 4.78 is 31.5. The highest BCUT2D eigenvalue weighted by Crippen LogP contribution is 2.29. The van der Waals surface area contributed by atoms with E-state index in [0.717, 1.165) is 74.6 Å². The highest BCUT2D eigenvalue weighted by Gasteiger charge is 2.30. The summed E-state index contributed by atoms with van der Waals surface area (Å²) in [6, 6.07) is 14.4. The number of anilines is 2. The highest BCUT2D eigenvalue weighted by molar-refractivity contribution is 7.91. The van der Waals surface area contributed by atoms with Gasteiger partial charge in [0.2, 0.25) is 15.7 Å². The zero-order chi connectivity index (χ0) is 29.8. The Balaban J connectivity index is 0.971. The van der Waals surface area contributed by atoms with Gasteiger partial charge in [0.1, 0.15) is 18.5 Å². The number of sulfone groups is 1. The third-order valence-electron chi connectivity index (χ3n) is 8.12. The largest absolute Gasteiger partial charge is 0.476 e. The number of likely N-dealkylation sites (tertiary alicyclic amines) is 1. The molecule has 2 aliphatic heterocycles. The van der Waals surface area contributed by atoms with Crippen LogP contribution in [0.2, 0.25) is 0 Å². The van der Waals surface area contributed by atoms with Crippen molar-refractivity contribution in [3.05, 3.63) is 67.3 Å². The van der Waals surface area contributed by atoms with Crippen molar-refractivity contribution in [2.75, 3.05) is 70.2 Å². The van der Waals surface area contributed by atoms with Crippen LogP contribution in [0.1, 0.15) is 12.8 Å². The van der Waals surface area contributed by atoms with E-state index in [1.54, 1.807) is 18.5 Å². The summed E-state index contributed by atoms with van der Waals surface area (Å²) in [7, 11) is 0.501. The first-order chi connectivity index (χ1) is 20.8. The number of nitrogens with one attached hydrogen (secondary N) is 1. The van der Waals surface area contributed by atoms with Crippen LogP contribution in [0, 0.1) is 5.92 Å². The predicted octanol–water partition coefficient (Wildman–Crippen LogP) is 3.21. The van der Waals surface area contributed by atoms with Gasteiger partial charge in [-0.05, 0) is 69.4 Å². The van der Waals surface area contributed by atoms with E-state index in [2.05, 4.69) is 35.0 Å². The van der Waals surface area contributed by atoms with E-state index >= 15 is 0 Å². The molecule has 11 nitrogen and oxygen atoms in total. The van der Waals surface area contributed by atoms with Gasteiger partial charge < -0.3 is 24.8 Å². The second-order valence-corrected chi connectivity index (χ2v) is 13.5. The van der Waals surface area contributed by atoms with Crippen LogP contribution in [0.3, 0.4) is 0 Å². The van der Waals surface area contributed by atoms with E-state index in [-0.39, 0.29) is 4.90 Å². The van der Waals surface area contributed by atoms with Gasteiger partial charge in [-0.15, -0.1) is 0 Å². The molecule has 5 heterocycles. The Labute approximate surface area is 252 Å². The quantitative estimate of drug-likeness (QED) is 0.273. The molecule has 0 saturated carbocycles. The number of fused-ring (bicyclic) bond motifs is 1. The molecule has 0 unspecified atom stereocenters. The molecule has 4 aromatic rings. The Hall–Kier alpha value is -3.87. The van der Waals surface area contributed by atoms with E-state index in [1.165, 1.54) is 24.5 Å². The van der Waals surface area contributed by atoms with Crippen LogP contribution < -0.4 is 15.0 Å². The number of piperidine rings is 1. The van der Waals surface area contributed by atoms with Crippen molar-refractivity contribution in [3.63, 3.8) is 0 Å². The highest BCUT2D eigenvalue weighted by atomic mass is 32.2. The van der Waals surface area contributed by atoms with Gasteiger partial charge in [-0.3, -0.25) is 4.98 Å². The van der Waals surface area contributed by atoms with Crippen LogP contribution in [0.25, 0.3) is 11.0 Å². The van der Waals surface area contributed by atoms with Crippen molar-refractivity contribution in [2.45, 2.75) is 28.7 Å². The fourth-order valence-electron chi connectivity index (χ4n) is 5.65. The fourth-order valence-corrected chi connectivity index (χ4v) is 6.89. The van der Waals surface area contributed by atoms with Crippen molar-refractivity contribution in [1.29, 1.82) is 0 Å². The molecule has 1 N–H and O–H groups in total. The van der Waals surface area contributed by atoms with Crippen molar-refractivity contribution in [3.8, 4) is 5.88 Å². The number of hydrogen-bond donors (Lipinski definition) is 1. The summed E-state index contributed by atoms with van der Waals surface area (Å²) in [5.74, 6) is 1.95. The maximum atomic E-state index is 12.9. The summed E-state index contributed by atoms with van der Waals surface area (Å²) in [5, 5.41) is 3.62. The van der Waals surface area contributed by atoms with Gasteiger partial charge in [0.25, 0.3) is 0 Å². The number of hydrogen-bond acceptors (Lipinski definition) is 11. The lowest BCUT2D eigenvalue weighted by atomic mass is 9.96. The SMILES string of the molecule is CN(C)CCOc1ccc2ncnc(NC3CCN(CC4CN(c5ccc(S(=O)(=O)c6ccncc6)cc5)C4)CC3)c2n1. The van der Waals surface area contributed by atoms with E-state index in [0.29, 0.717) is 29.3 Å². The number of aromatic nitrogens is 4. The first-order valence-electron chi connectivity index (χ1n) is 14.7. The zero-order valence-electron chi connectivity index (χ0n) is 24.6. The van der Waals surface area contributed by atoms with Gasteiger partial charge in [0, 0.05) is 75.4 Å².